The first kappa shape index (κ1) is 21.6. The normalized spacial score (nSPS) is 17.9. The van der Waals surface area contributed by atoms with Gasteiger partial charge in [-0.2, -0.15) is 0 Å². The third kappa shape index (κ3) is 3.90. The molecule has 33 heavy (non-hydrogen) atoms. The smallest absolute Gasteiger partial charge is 0.174 e. The lowest BCUT2D eigenvalue weighted by Gasteiger charge is -2.28. The maximum Gasteiger partial charge on any atom is 0.174 e. The standard InChI is InChI=1S/C26H24ClN5S/c1-16-11-13-29-23(14-16)31-17(2)15-21(18(31)3)25-24(22-6-4-5-12-28-22)30-26(33)32(25)20-9-7-19(27)8-10-20/h4-15,24-25H,1-3H3,(H,30,33)/t24-,25-/m0/s1. The third-order valence-electron chi connectivity index (χ3n) is 6.12. The van der Waals surface area contributed by atoms with Crippen molar-refractivity contribution in [2.24, 2.45) is 0 Å². The van der Waals surface area contributed by atoms with Gasteiger partial charge in [0.05, 0.1) is 17.8 Å². The SMILES string of the molecule is Cc1ccnc(-n2c(C)cc([C@H]3[C@H](c4ccccn4)NC(=S)N3c3ccc(Cl)cc3)c2C)c1. The van der Waals surface area contributed by atoms with Gasteiger partial charge in [-0.3, -0.25) is 4.98 Å². The van der Waals surface area contributed by atoms with Crippen molar-refractivity contribution in [1.29, 1.82) is 0 Å². The largest absolute Gasteiger partial charge is 0.351 e. The Labute approximate surface area is 204 Å². The van der Waals surface area contributed by atoms with E-state index in [4.69, 9.17) is 23.8 Å². The molecule has 0 radical (unpaired) electrons. The van der Waals surface area contributed by atoms with E-state index in [2.05, 4.69) is 57.7 Å². The van der Waals surface area contributed by atoms with Gasteiger partial charge in [0.1, 0.15) is 5.82 Å². The van der Waals surface area contributed by atoms with Crippen molar-refractivity contribution in [3.63, 3.8) is 0 Å². The fourth-order valence-corrected chi connectivity index (χ4v) is 5.10. The zero-order valence-corrected chi connectivity index (χ0v) is 20.2. The fraction of sp³-hybridized carbons (Fsp3) is 0.192. The van der Waals surface area contributed by atoms with E-state index in [1.807, 2.05) is 60.9 Å². The third-order valence-corrected chi connectivity index (χ3v) is 6.69. The zero-order chi connectivity index (χ0) is 23.1. The molecule has 2 atom stereocenters. The predicted octanol–water partition coefficient (Wildman–Crippen LogP) is 6.02. The first-order valence-corrected chi connectivity index (χ1v) is 11.6. The molecule has 4 heterocycles. The van der Waals surface area contributed by atoms with Gasteiger partial charge in [-0.1, -0.05) is 17.7 Å². The number of aryl methyl sites for hydroxylation is 2. The molecule has 1 N–H and O–H groups in total. The van der Waals surface area contributed by atoms with Crippen molar-refractivity contribution in [3.8, 4) is 5.82 Å². The molecule has 0 amide bonds. The van der Waals surface area contributed by atoms with E-state index < -0.39 is 0 Å². The number of anilines is 1. The number of pyridine rings is 2. The number of nitrogens with zero attached hydrogens (tertiary/aromatic N) is 4. The number of benzene rings is 1. The number of nitrogens with one attached hydrogen (secondary N) is 1. The van der Waals surface area contributed by atoms with Crippen LogP contribution in [0.1, 0.15) is 40.3 Å². The Morgan fingerprint density at radius 1 is 0.939 bits per heavy atom. The van der Waals surface area contributed by atoms with Crippen molar-refractivity contribution in [2.75, 3.05) is 4.90 Å². The summed E-state index contributed by atoms with van der Waals surface area (Å²) in [5.74, 6) is 0.914. The Hall–Kier alpha value is -3.22. The predicted molar refractivity (Wildman–Crippen MR) is 137 cm³/mol. The molecule has 7 heteroatoms. The Morgan fingerprint density at radius 3 is 2.42 bits per heavy atom. The molecule has 1 aromatic carbocycles. The fourth-order valence-electron chi connectivity index (χ4n) is 4.63. The number of rotatable bonds is 4. The summed E-state index contributed by atoms with van der Waals surface area (Å²) in [6.07, 6.45) is 3.67. The van der Waals surface area contributed by atoms with Crippen LogP contribution < -0.4 is 10.2 Å². The number of hydrogen-bond acceptors (Lipinski definition) is 3. The quantitative estimate of drug-likeness (QED) is 0.367. The van der Waals surface area contributed by atoms with Gasteiger partial charge in [-0.05, 0) is 98.7 Å². The highest BCUT2D eigenvalue weighted by Gasteiger charge is 2.42. The molecule has 3 aromatic heterocycles. The molecule has 1 aliphatic heterocycles. The lowest BCUT2D eigenvalue weighted by atomic mass is 9.96. The van der Waals surface area contributed by atoms with Crippen LogP contribution in [0.4, 0.5) is 5.69 Å². The van der Waals surface area contributed by atoms with Gasteiger partial charge in [0.15, 0.2) is 5.11 Å². The monoisotopic (exact) mass is 473 g/mol. The van der Waals surface area contributed by atoms with Crippen molar-refractivity contribution in [3.05, 3.63) is 106 Å². The maximum atomic E-state index is 6.18. The van der Waals surface area contributed by atoms with Gasteiger partial charge in [-0.15, -0.1) is 0 Å². The summed E-state index contributed by atoms with van der Waals surface area (Å²) in [4.78, 5) is 11.5. The molecule has 1 aliphatic rings. The van der Waals surface area contributed by atoms with Gasteiger partial charge < -0.3 is 14.8 Å². The van der Waals surface area contributed by atoms with Crippen molar-refractivity contribution < 1.29 is 0 Å². The van der Waals surface area contributed by atoms with Gasteiger partial charge in [0.25, 0.3) is 0 Å². The second kappa shape index (κ2) is 8.61. The minimum atomic E-state index is -0.103. The van der Waals surface area contributed by atoms with E-state index in [0.29, 0.717) is 10.1 Å². The van der Waals surface area contributed by atoms with E-state index in [9.17, 15) is 0 Å². The second-order valence-corrected chi connectivity index (χ2v) is 9.15. The maximum absolute atomic E-state index is 6.18. The molecule has 1 saturated heterocycles. The van der Waals surface area contributed by atoms with E-state index in [0.717, 1.165) is 28.6 Å². The highest BCUT2D eigenvalue weighted by atomic mass is 35.5. The highest BCUT2D eigenvalue weighted by molar-refractivity contribution is 7.80. The van der Waals surface area contributed by atoms with Crippen molar-refractivity contribution in [2.45, 2.75) is 32.9 Å². The summed E-state index contributed by atoms with van der Waals surface area (Å²) >= 11 is 12.0. The molecule has 0 spiro atoms. The van der Waals surface area contributed by atoms with Crippen LogP contribution in [0.15, 0.2) is 73.1 Å². The summed E-state index contributed by atoms with van der Waals surface area (Å²) in [5.41, 5.74) is 6.52. The molecule has 0 aliphatic carbocycles. The lowest BCUT2D eigenvalue weighted by molar-refractivity contribution is 0.565. The first-order chi connectivity index (χ1) is 15.9. The summed E-state index contributed by atoms with van der Waals surface area (Å²) in [6, 6.07) is 19.9. The molecule has 5 nitrogen and oxygen atoms in total. The lowest BCUT2D eigenvalue weighted by Crippen LogP contribution is -2.29. The Balaban J connectivity index is 1.68. The van der Waals surface area contributed by atoms with E-state index >= 15 is 0 Å². The number of hydrogen-bond donors (Lipinski definition) is 1. The van der Waals surface area contributed by atoms with Crippen LogP contribution in [0.2, 0.25) is 5.02 Å². The van der Waals surface area contributed by atoms with Crippen LogP contribution in [0.5, 0.6) is 0 Å². The van der Waals surface area contributed by atoms with Crippen LogP contribution in [0.25, 0.3) is 5.82 Å². The van der Waals surface area contributed by atoms with Crippen LogP contribution in [-0.4, -0.2) is 19.6 Å². The number of aromatic nitrogens is 3. The molecule has 5 rings (SSSR count). The average molecular weight is 474 g/mol. The van der Waals surface area contributed by atoms with E-state index in [-0.39, 0.29) is 12.1 Å². The Morgan fingerprint density at radius 2 is 1.73 bits per heavy atom. The van der Waals surface area contributed by atoms with Crippen LogP contribution in [-0.2, 0) is 0 Å². The molecule has 0 bridgehead atoms. The van der Waals surface area contributed by atoms with Crippen LogP contribution in [0, 0.1) is 20.8 Å². The molecule has 0 unspecified atom stereocenters. The topological polar surface area (TPSA) is 46.0 Å². The average Bonchev–Trinajstić information content (AvgIpc) is 3.30. The second-order valence-electron chi connectivity index (χ2n) is 8.33. The van der Waals surface area contributed by atoms with Gasteiger partial charge in [-0.25, -0.2) is 4.98 Å². The highest BCUT2D eigenvalue weighted by Crippen LogP contribution is 2.43. The van der Waals surface area contributed by atoms with Crippen molar-refractivity contribution >= 4 is 34.6 Å². The molecular formula is C26H24ClN5S. The minimum absolute atomic E-state index is 0.0849. The van der Waals surface area contributed by atoms with E-state index in [1.54, 1.807) is 0 Å². The number of halogens is 1. The Kier molecular flexibility index (Phi) is 5.64. The minimum Gasteiger partial charge on any atom is -0.351 e. The summed E-state index contributed by atoms with van der Waals surface area (Å²) in [5, 5.41) is 4.88. The molecule has 4 aromatic rings. The van der Waals surface area contributed by atoms with Gasteiger partial charge in [0.2, 0.25) is 0 Å². The summed E-state index contributed by atoms with van der Waals surface area (Å²) in [7, 11) is 0. The van der Waals surface area contributed by atoms with E-state index in [1.165, 1.54) is 11.1 Å². The molecule has 1 fully saturated rings. The molecular weight excluding hydrogens is 450 g/mol. The van der Waals surface area contributed by atoms with Crippen LogP contribution >= 0.6 is 23.8 Å². The molecule has 166 valence electrons. The zero-order valence-electron chi connectivity index (χ0n) is 18.7. The van der Waals surface area contributed by atoms with Gasteiger partial charge in [0, 0.05) is 34.5 Å². The molecule has 0 saturated carbocycles. The summed E-state index contributed by atoms with van der Waals surface area (Å²) in [6.45, 7) is 6.34. The number of thiocarbonyl (C=S) groups is 1. The first-order valence-electron chi connectivity index (χ1n) is 10.8. The Bertz CT molecular complexity index is 1320. The summed E-state index contributed by atoms with van der Waals surface area (Å²) < 4.78 is 2.21. The van der Waals surface area contributed by atoms with Crippen molar-refractivity contribution in [1.82, 2.24) is 19.9 Å². The van der Waals surface area contributed by atoms with Gasteiger partial charge >= 0.3 is 0 Å². The van der Waals surface area contributed by atoms with Crippen LogP contribution in [0.3, 0.4) is 0 Å².